The Kier molecular flexibility index (Phi) is 6.43. The molecule has 1 aliphatic heterocycles. The fourth-order valence-corrected chi connectivity index (χ4v) is 3.93. The molecule has 0 saturated heterocycles. The van der Waals surface area contributed by atoms with E-state index in [1.54, 1.807) is 0 Å². The van der Waals surface area contributed by atoms with Gasteiger partial charge in [-0.2, -0.15) is 0 Å². The van der Waals surface area contributed by atoms with Gasteiger partial charge in [-0.25, -0.2) is 4.98 Å². The summed E-state index contributed by atoms with van der Waals surface area (Å²) in [4.78, 5) is 8.68. The second kappa shape index (κ2) is 8.35. The first-order chi connectivity index (χ1) is 9.83. The van der Waals surface area contributed by atoms with E-state index in [4.69, 9.17) is 0 Å². The van der Waals surface area contributed by atoms with Gasteiger partial charge in [0, 0.05) is 30.7 Å². The lowest BCUT2D eigenvalue weighted by atomic mass is 9.99. The Bertz CT molecular complexity index is 398. The van der Waals surface area contributed by atoms with Crippen LogP contribution in [0.1, 0.15) is 39.5 Å². The predicted molar refractivity (Wildman–Crippen MR) is 87.2 cm³/mol. The molecule has 2 rings (SSSR count). The fourth-order valence-electron chi connectivity index (χ4n) is 2.58. The van der Waals surface area contributed by atoms with Gasteiger partial charge in [-0.15, -0.1) is 0 Å². The summed E-state index contributed by atoms with van der Waals surface area (Å²) in [6.07, 6.45) is 10.6. The number of rotatable bonds is 8. The van der Waals surface area contributed by atoms with Gasteiger partial charge in [0.1, 0.15) is 0 Å². The van der Waals surface area contributed by atoms with Crippen molar-refractivity contribution in [3.8, 4) is 0 Å². The molecule has 1 unspecified atom stereocenters. The number of hydrogen-bond acceptors (Lipinski definition) is 4. The van der Waals surface area contributed by atoms with Crippen LogP contribution in [0, 0.1) is 5.92 Å². The number of imidazole rings is 1. The minimum Gasteiger partial charge on any atom is -0.365 e. The first-order valence-corrected chi connectivity index (χ1v) is 8.62. The van der Waals surface area contributed by atoms with Crippen LogP contribution in [0.2, 0.25) is 0 Å². The number of aromatic nitrogens is 2. The predicted octanol–water partition coefficient (Wildman–Crippen LogP) is 3.16. The number of amidine groups is 1. The standard InChI is InChI=1S/C15H26N4S/c1-3-13(4-2)14-11-18-15(20-14)17-7-5-6-9-19-10-8-16-12-19/h8,10,12-14H,3-7,9,11H2,1-2H3,(H,17,18). The minimum absolute atomic E-state index is 0.693. The van der Waals surface area contributed by atoms with Crippen LogP contribution in [0.4, 0.5) is 0 Å². The van der Waals surface area contributed by atoms with E-state index in [9.17, 15) is 0 Å². The molecule has 0 spiro atoms. The van der Waals surface area contributed by atoms with Gasteiger partial charge in [-0.1, -0.05) is 38.5 Å². The Hall–Kier alpha value is -0.970. The molecule has 1 aliphatic rings. The highest BCUT2D eigenvalue weighted by Crippen LogP contribution is 2.30. The maximum atomic E-state index is 4.63. The smallest absolute Gasteiger partial charge is 0.156 e. The second-order valence-corrected chi connectivity index (χ2v) is 6.54. The molecule has 2 heterocycles. The highest BCUT2D eigenvalue weighted by atomic mass is 32.2. The SMILES string of the molecule is CCC(CC)C1CN=C(NCCCCn2ccnc2)S1. The molecule has 4 nitrogen and oxygen atoms in total. The highest BCUT2D eigenvalue weighted by molar-refractivity contribution is 8.14. The quantitative estimate of drug-likeness (QED) is 0.749. The summed E-state index contributed by atoms with van der Waals surface area (Å²) >= 11 is 1.95. The van der Waals surface area contributed by atoms with Gasteiger partial charge in [0.05, 0.1) is 12.9 Å². The molecule has 0 bridgehead atoms. The van der Waals surface area contributed by atoms with E-state index in [2.05, 4.69) is 33.7 Å². The highest BCUT2D eigenvalue weighted by Gasteiger charge is 2.25. The molecule has 0 aliphatic carbocycles. The van der Waals surface area contributed by atoms with Crippen molar-refractivity contribution in [2.24, 2.45) is 10.9 Å². The lowest BCUT2D eigenvalue weighted by molar-refractivity contribution is 0.479. The average molecular weight is 294 g/mol. The summed E-state index contributed by atoms with van der Waals surface area (Å²) < 4.78 is 2.13. The lowest BCUT2D eigenvalue weighted by Crippen LogP contribution is -2.22. The molecule has 0 saturated carbocycles. The van der Waals surface area contributed by atoms with Crippen LogP contribution in [-0.2, 0) is 6.54 Å². The average Bonchev–Trinajstić information content (AvgIpc) is 3.12. The van der Waals surface area contributed by atoms with Gasteiger partial charge in [-0.3, -0.25) is 4.99 Å². The van der Waals surface area contributed by atoms with E-state index < -0.39 is 0 Å². The zero-order chi connectivity index (χ0) is 14.2. The third-order valence-corrected chi connectivity index (χ3v) is 5.26. The van der Waals surface area contributed by atoms with Crippen LogP contribution in [0.15, 0.2) is 23.7 Å². The maximum absolute atomic E-state index is 4.63. The number of thioether (sulfide) groups is 1. The second-order valence-electron chi connectivity index (χ2n) is 5.31. The van der Waals surface area contributed by atoms with Crippen LogP contribution in [-0.4, -0.2) is 33.1 Å². The van der Waals surface area contributed by atoms with Crippen molar-refractivity contribution in [3.63, 3.8) is 0 Å². The van der Waals surface area contributed by atoms with Gasteiger partial charge in [-0.05, 0) is 18.8 Å². The van der Waals surface area contributed by atoms with Gasteiger partial charge in [0.25, 0.3) is 0 Å². The first kappa shape index (κ1) is 15.4. The van der Waals surface area contributed by atoms with Crippen molar-refractivity contribution in [1.82, 2.24) is 14.9 Å². The molecular formula is C15H26N4S. The largest absolute Gasteiger partial charge is 0.365 e. The van der Waals surface area contributed by atoms with E-state index >= 15 is 0 Å². The van der Waals surface area contributed by atoms with E-state index in [0.29, 0.717) is 5.25 Å². The zero-order valence-corrected chi connectivity index (χ0v) is 13.4. The summed E-state index contributed by atoms with van der Waals surface area (Å²) in [5.41, 5.74) is 0. The first-order valence-electron chi connectivity index (χ1n) is 7.74. The molecule has 1 aromatic heterocycles. The topological polar surface area (TPSA) is 42.2 Å². The summed E-state index contributed by atoms with van der Waals surface area (Å²) in [7, 11) is 0. The monoisotopic (exact) mass is 294 g/mol. The van der Waals surface area contributed by atoms with Crippen LogP contribution < -0.4 is 5.32 Å². The Morgan fingerprint density at radius 2 is 2.25 bits per heavy atom. The lowest BCUT2D eigenvalue weighted by Gasteiger charge is -2.18. The third-order valence-electron chi connectivity index (χ3n) is 3.93. The van der Waals surface area contributed by atoms with Gasteiger partial charge in [0.2, 0.25) is 0 Å². The van der Waals surface area contributed by atoms with Gasteiger partial charge in [0.15, 0.2) is 5.17 Å². The Balaban J connectivity index is 1.56. The summed E-state index contributed by atoms with van der Waals surface area (Å²) in [5, 5.41) is 5.33. The Morgan fingerprint density at radius 3 is 2.95 bits per heavy atom. The van der Waals surface area contributed by atoms with Crippen molar-refractivity contribution < 1.29 is 0 Å². The summed E-state index contributed by atoms with van der Waals surface area (Å²) in [6.45, 7) is 7.65. The van der Waals surface area contributed by atoms with Crippen LogP contribution >= 0.6 is 11.8 Å². The Morgan fingerprint density at radius 1 is 1.40 bits per heavy atom. The molecule has 20 heavy (non-hydrogen) atoms. The zero-order valence-electron chi connectivity index (χ0n) is 12.6. The van der Waals surface area contributed by atoms with Crippen molar-refractivity contribution >= 4 is 16.9 Å². The minimum atomic E-state index is 0.693. The fraction of sp³-hybridized carbons (Fsp3) is 0.733. The number of hydrogen-bond donors (Lipinski definition) is 1. The van der Waals surface area contributed by atoms with E-state index in [1.165, 1.54) is 25.7 Å². The maximum Gasteiger partial charge on any atom is 0.156 e. The molecule has 0 fully saturated rings. The summed E-state index contributed by atoms with van der Waals surface area (Å²) in [5.74, 6) is 0.810. The number of aliphatic imine (C=N–C) groups is 1. The molecule has 5 heteroatoms. The van der Waals surface area contributed by atoms with Crippen LogP contribution in [0.25, 0.3) is 0 Å². The van der Waals surface area contributed by atoms with Crippen LogP contribution in [0.3, 0.4) is 0 Å². The van der Waals surface area contributed by atoms with Crippen LogP contribution in [0.5, 0.6) is 0 Å². The van der Waals surface area contributed by atoms with E-state index in [-0.39, 0.29) is 0 Å². The van der Waals surface area contributed by atoms with Crippen molar-refractivity contribution in [1.29, 1.82) is 0 Å². The third kappa shape index (κ3) is 4.54. The van der Waals surface area contributed by atoms with Crippen molar-refractivity contribution in [3.05, 3.63) is 18.7 Å². The molecule has 1 N–H and O–H groups in total. The van der Waals surface area contributed by atoms with Crippen molar-refractivity contribution in [2.45, 2.75) is 51.3 Å². The van der Waals surface area contributed by atoms with E-state index in [1.807, 2.05) is 30.5 Å². The van der Waals surface area contributed by atoms with Gasteiger partial charge >= 0.3 is 0 Å². The molecule has 0 aromatic carbocycles. The molecule has 0 amide bonds. The van der Waals surface area contributed by atoms with Gasteiger partial charge < -0.3 is 9.88 Å². The number of nitrogens with one attached hydrogen (secondary N) is 1. The molecular weight excluding hydrogens is 268 g/mol. The van der Waals surface area contributed by atoms with Crippen molar-refractivity contribution in [2.75, 3.05) is 13.1 Å². The number of aryl methyl sites for hydroxylation is 1. The molecule has 1 aromatic rings. The van der Waals surface area contributed by atoms with E-state index in [0.717, 1.165) is 30.7 Å². The molecule has 0 radical (unpaired) electrons. The number of unbranched alkanes of at least 4 members (excludes halogenated alkanes) is 1. The number of nitrogens with zero attached hydrogens (tertiary/aromatic N) is 3. The summed E-state index contributed by atoms with van der Waals surface area (Å²) in [6, 6.07) is 0. The molecule has 112 valence electrons. The Labute approximate surface area is 126 Å². The molecule has 1 atom stereocenters. The normalized spacial score (nSPS) is 18.6.